The average molecular weight is 540 g/mol. The summed E-state index contributed by atoms with van der Waals surface area (Å²) in [5.74, 6) is -0.427. The lowest BCUT2D eigenvalue weighted by Crippen LogP contribution is -2.25. The van der Waals surface area contributed by atoms with E-state index in [9.17, 15) is 14.0 Å². The zero-order valence-electron chi connectivity index (χ0n) is 20.8. The monoisotopic (exact) mass is 539 g/mol. The Morgan fingerprint density at radius 1 is 1.00 bits per heavy atom. The van der Waals surface area contributed by atoms with Gasteiger partial charge in [0.15, 0.2) is 11.0 Å². The van der Waals surface area contributed by atoms with Crippen molar-refractivity contribution in [1.82, 2.24) is 30.3 Å². The summed E-state index contributed by atoms with van der Waals surface area (Å²) >= 11 is 2.44. The Morgan fingerprint density at radius 3 is 2.32 bits per heavy atom. The first-order valence-corrected chi connectivity index (χ1v) is 13.2. The van der Waals surface area contributed by atoms with Crippen molar-refractivity contribution in [3.05, 3.63) is 76.3 Å². The number of anilines is 1. The highest BCUT2D eigenvalue weighted by molar-refractivity contribution is 7.99. The van der Waals surface area contributed by atoms with E-state index in [1.54, 1.807) is 35.8 Å². The van der Waals surface area contributed by atoms with Gasteiger partial charge in [-0.3, -0.25) is 19.5 Å². The summed E-state index contributed by atoms with van der Waals surface area (Å²) in [5, 5.41) is 23.4. The van der Waals surface area contributed by atoms with Gasteiger partial charge in [0.2, 0.25) is 11.0 Å². The fourth-order valence-corrected chi connectivity index (χ4v) is 4.75. The molecule has 0 bridgehead atoms. The van der Waals surface area contributed by atoms with E-state index in [4.69, 9.17) is 0 Å². The molecule has 9 nitrogen and oxygen atoms in total. The SMILES string of the molecule is Cc1nnc(NC(=O)CSc2nnc(CNC(=O)c3ccc(C(C)(C)C)cc3)n2-c2ccc(F)cc2)s1. The molecule has 2 heterocycles. The molecule has 4 aromatic rings. The molecule has 0 saturated heterocycles. The third kappa shape index (κ3) is 6.77. The number of carbonyl (C=O) groups excluding carboxylic acids is 2. The second kappa shape index (κ2) is 11.2. The van der Waals surface area contributed by atoms with E-state index in [1.807, 2.05) is 12.1 Å². The zero-order chi connectivity index (χ0) is 26.6. The molecule has 0 atom stereocenters. The fourth-order valence-electron chi connectivity index (χ4n) is 3.37. The summed E-state index contributed by atoms with van der Waals surface area (Å²) in [6.07, 6.45) is 0. The number of hydrogen-bond acceptors (Lipinski definition) is 8. The van der Waals surface area contributed by atoms with Gasteiger partial charge < -0.3 is 5.32 Å². The highest BCUT2D eigenvalue weighted by Gasteiger charge is 2.18. The van der Waals surface area contributed by atoms with Gasteiger partial charge in [-0.1, -0.05) is 56.0 Å². The Kier molecular flexibility index (Phi) is 7.98. The second-order valence-electron chi connectivity index (χ2n) is 9.18. The highest BCUT2D eigenvalue weighted by Crippen LogP contribution is 2.24. The van der Waals surface area contributed by atoms with E-state index in [1.165, 1.54) is 23.5 Å². The summed E-state index contributed by atoms with van der Waals surface area (Å²) < 4.78 is 15.3. The summed E-state index contributed by atoms with van der Waals surface area (Å²) in [6, 6.07) is 13.3. The molecule has 0 fully saturated rings. The van der Waals surface area contributed by atoms with Crippen LogP contribution in [0.2, 0.25) is 0 Å². The second-order valence-corrected chi connectivity index (χ2v) is 11.3. The summed E-state index contributed by atoms with van der Waals surface area (Å²) in [4.78, 5) is 25.2. The van der Waals surface area contributed by atoms with Crippen molar-refractivity contribution in [2.24, 2.45) is 0 Å². The molecule has 0 aliphatic carbocycles. The van der Waals surface area contributed by atoms with Crippen LogP contribution in [0.3, 0.4) is 0 Å². The van der Waals surface area contributed by atoms with Crippen LogP contribution in [-0.4, -0.2) is 42.5 Å². The van der Waals surface area contributed by atoms with Crippen molar-refractivity contribution in [1.29, 1.82) is 0 Å². The largest absolute Gasteiger partial charge is 0.345 e. The Bertz CT molecular complexity index is 1390. The first-order chi connectivity index (χ1) is 17.6. The lowest BCUT2D eigenvalue weighted by Gasteiger charge is -2.19. The number of rotatable bonds is 8. The maximum atomic E-state index is 13.6. The van der Waals surface area contributed by atoms with Crippen molar-refractivity contribution in [2.75, 3.05) is 11.1 Å². The van der Waals surface area contributed by atoms with Crippen molar-refractivity contribution >= 4 is 40.0 Å². The molecule has 0 unspecified atom stereocenters. The van der Waals surface area contributed by atoms with Crippen LogP contribution < -0.4 is 10.6 Å². The van der Waals surface area contributed by atoms with Crippen molar-refractivity contribution in [3.63, 3.8) is 0 Å². The first-order valence-electron chi connectivity index (χ1n) is 11.4. The van der Waals surface area contributed by atoms with Crippen LogP contribution in [-0.2, 0) is 16.8 Å². The van der Waals surface area contributed by atoms with E-state index < -0.39 is 0 Å². The summed E-state index contributed by atoms with van der Waals surface area (Å²) in [5.41, 5.74) is 2.25. The molecular weight excluding hydrogens is 513 g/mol. The Balaban J connectivity index is 1.48. The van der Waals surface area contributed by atoms with Crippen molar-refractivity contribution in [2.45, 2.75) is 44.8 Å². The molecule has 37 heavy (non-hydrogen) atoms. The van der Waals surface area contributed by atoms with Crippen molar-refractivity contribution < 1.29 is 14.0 Å². The molecule has 2 N–H and O–H groups in total. The Morgan fingerprint density at radius 2 is 1.70 bits per heavy atom. The van der Waals surface area contributed by atoms with Gasteiger partial charge in [-0.2, -0.15) is 0 Å². The minimum atomic E-state index is -0.383. The smallest absolute Gasteiger partial charge is 0.251 e. The number of nitrogens with zero attached hydrogens (tertiary/aromatic N) is 5. The normalized spacial score (nSPS) is 11.4. The third-order valence-corrected chi connectivity index (χ3v) is 6.99. The predicted octanol–water partition coefficient (Wildman–Crippen LogP) is 4.52. The van der Waals surface area contributed by atoms with Crippen LogP contribution in [0.15, 0.2) is 53.7 Å². The molecule has 192 valence electrons. The van der Waals surface area contributed by atoms with Crippen molar-refractivity contribution in [3.8, 4) is 5.69 Å². The van der Waals surface area contributed by atoms with Gasteiger partial charge in [0.25, 0.3) is 5.91 Å². The van der Waals surface area contributed by atoms with Gasteiger partial charge in [0.1, 0.15) is 10.8 Å². The van der Waals surface area contributed by atoms with E-state index in [0.717, 1.165) is 22.3 Å². The molecule has 2 aromatic carbocycles. The number of carbonyl (C=O) groups is 2. The molecule has 0 radical (unpaired) electrons. The average Bonchev–Trinajstić information content (AvgIpc) is 3.46. The zero-order valence-corrected chi connectivity index (χ0v) is 22.4. The number of thioether (sulfide) groups is 1. The maximum Gasteiger partial charge on any atom is 0.251 e. The molecular formula is C25H26FN7O2S2. The van der Waals surface area contributed by atoms with Gasteiger partial charge in [-0.25, -0.2) is 4.39 Å². The molecule has 12 heteroatoms. The Hall–Kier alpha value is -3.64. The van der Waals surface area contributed by atoms with Gasteiger partial charge in [0.05, 0.1) is 12.3 Å². The van der Waals surface area contributed by atoms with Gasteiger partial charge in [0, 0.05) is 11.3 Å². The highest BCUT2D eigenvalue weighted by atomic mass is 32.2. The number of aromatic nitrogens is 5. The lowest BCUT2D eigenvalue weighted by molar-refractivity contribution is -0.113. The number of aryl methyl sites for hydroxylation is 1. The third-order valence-electron chi connectivity index (χ3n) is 5.31. The molecule has 0 spiro atoms. The standard InChI is InChI=1S/C25H26FN7O2S2/c1-15-29-31-23(37-15)28-21(34)14-36-24-32-30-20(33(24)19-11-9-18(26)10-12-19)13-27-22(35)16-5-7-17(8-6-16)25(2,3)4/h5-12H,13-14H2,1-4H3,(H,27,35)(H,28,31,34). The number of benzene rings is 2. The van der Waals surface area contributed by atoms with Gasteiger partial charge in [-0.05, 0) is 54.3 Å². The quantitative estimate of drug-likeness (QED) is 0.316. The molecule has 0 saturated carbocycles. The van der Waals surface area contributed by atoms with E-state index in [-0.39, 0.29) is 35.3 Å². The number of amides is 2. The number of halogens is 1. The van der Waals surface area contributed by atoms with Crippen LogP contribution in [0, 0.1) is 12.7 Å². The lowest BCUT2D eigenvalue weighted by atomic mass is 9.87. The maximum absolute atomic E-state index is 13.6. The van der Waals surface area contributed by atoms with E-state index >= 15 is 0 Å². The van der Waals surface area contributed by atoms with Crippen LogP contribution in [0.4, 0.5) is 9.52 Å². The number of nitrogens with one attached hydrogen (secondary N) is 2. The summed E-state index contributed by atoms with van der Waals surface area (Å²) in [7, 11) is 0. The minimum Gasteiger partial charge on any atom is -0.345 e. The minimum absolute atomic E-state index is 0.0122. The van der Waals surface area contributed by atoms with Crippen LogP contribution in [0.1, 0.15) is 47.5 Å². The van der Waals surface area contributed by atoms with Gasteiger partial charge in [-0.15, -0.1) is 20.4 Å². The van der Waals surface area contributed by atoms with Crippen LogP contribution in [0.5, 0.6) is 0 Å². The topological polar surface area (TPSA) is 115 Å². The first kappa shape index (κ1) is 26.4. The molecule has 0 aliphatic rings. The van der Waals surface area contributed by atoms with Crippen LogP contribution >= 0.6 is 23.1 Å². The molecule has 2 aromatic heterocycles. The fraction of sp³-hybridized carbons (Fsp3) is 0.280. The molecule has 4 rings (SSSR count). The molecule has 0 aliphatic heterocycles. The van der Waals surface area contributed by atoms with E-state index in [2.05, 4.69) is 51.8 Å². The summed E-state index contributed by atoms with van der Waals surface area (Å²) in [6.45, 7) is 8.22. The predicted molar refractivity (Wildman–Crippen MR) is 142 cm³/mol. The Labute approximate surface area is 221 Å². The molecule has 2 amide bonds. The number of hydrogen-bond donors (Lipinski definition) is 2. The van der Waals surface area contributed by atoms with Crippen LogP contribution in [0.25, 0.3) is 5.69 Å². The van der Waals surface area contributed by atoms with E-state index in [0.29, 0.717) is 27.4 Å². The van der Waals surface area contributed by atoms with Gasteiger partial charge >= 0.3 is 0 Å².